The number of fused-ring (bicyclic) bond motifs is 3. The minimum absolute atomic E-state index is 0.0602. The highest BCUT2D eigenvalue weighted by molar-refractivity contribution is 7.71. The molecule has 0 aliphatic carbocycles. The van der Waals surface area contributed by atoms with Crippen LogP contribution in [0.4, 0.5) is 0 Å². The summed E-state index contributed by atoms with van der Waals surface area (Å²) in [4.78, 5) is 12.7. The quantitative estimate of drug-likeness (QED) is 0.350. The van der Waals surface area contributed by atoms with Crippen LogP contribution in [0.3, 0.4) is 0 Å². The number of nitrogens with one attached hydrogen (secondary N) is 1. The number of benzene rings is 1. The maximum Gasteiger partial charge on any atom is 0.178 e. The second-order valence-electron chi connectivity index (χ2n) is 7.97. The van der Waals surface area contributed by atoms with Crippen LogP contribution in [0.5, 0.6) is 5.75 Å². The van der Waals surface area contributed by atoms with Crippen molar-refractivity contribution in [2.45, 2.75) is 33.7 Å². The molecule has 0 amide bonds. The monoisotopic (exact) mass is 445 g/mol. The third-order valence-corrected chi connectivity index (χ3v) is 6.19. The number of rotatable bonds is 4. The number of aryl methyl sites for hydroxylation is 3. The Kier molecular flexibility index (Phi) is 4.82. The summed E-state index contributed by atoms with van der Waals surface area (Å²) in [5.74, 6) is 1.46. The smallest absolute Gasteiger partial charge is 0.178 e. The molecule has 0 bridgehead atoms. The van der Waals surface area contributed by atoms with Crippen molar-refractivity contribution >= 4 is 34.2 Å². The van der Waals surface area contributed by atoms with Gasteiger partial charge in [0.1, 0.15) is 11.5 Å². The molecule has 162 valence electrons. The van der Waals surface area contributed by atoms with Crippen molar-refractivity contribution in [3.05, 3.63) is 64.1 Å². The van der Waals surface area contributed by atoms with E-state index in [4.69, 9.17) is 31.4 Å². The van der Waals surface area contributed by atoms with Crippen molar-refractivity contribution in [1.82, 2.24) is 24.7 Å². The Balaban J connectivity index is 1.81. The number of imidazole rings is 1. The number of aromatic amines is 1. The summed E-state index contributed by atoms with van der Waals surface area (Å²) in [6, 6.07) is 10.0. The van der Waals surface area contributed by atoms with Crippen LogP contribution in [0.2, 0.25) is 0 Å². The number of nitrogens with zero attached hydrogens (tertiary/aromatic N) is 4. The summed E-state index contributed by atoms with van der Waals surface area (Å²) in [6.45, 7) is 7.92. The van der Waals surface area contributed by atoms with Crippen LogP contribution < -0.4 is 4.74 Å². The molecule has 8 heteroatoms. The lowest BCUT2D eigenvalue weighted by Crippen LogP contribution is -2.09. The molecule has 0 unspecified atom stereocenters. The summed E-state index contributed by atoms with van der Waals surface area (Å²) in [5, 5.41) is 5.04. The van der Waals surface area contributed by atoms with Crippen LogP contribution in [0, 0.1) is 25.5 Å². The zero-order chi connectivity index (χ0) is 22.6. The lowest BCUT2D eigenvalue weighted by Gasteiger charge is -2.16. The van der Waals surface area contributed by atoms with Gasteiger partial charge in [-0.1, -0.05) is 11.2 Å². The van der Waals surface area contributed by atoms with Crippen LogP contribution >= 0.6 is 12.2 Å². The first-order chi connectivity index (χ1) is 15.4. The van der Waals surface area contributed by atoms with E-state index in [-0.39, 0.29) is 6.04 Å². The van der Waals surface area contributed by atoms with Crippen molar-refractivity contribution in [2.24, 2.45) is 0 Å². The van der Waals surface area contributed by atoms with Gasteiger partial charge in [-0.25, -0.2) is 0 Å². The molecule has 4 aromatic heterocycles. The lowest BCUT2D eigenvalue weighted by molar-refractivity contribution is 0.393. The molecular weight excluding hydrogens is 422 g/mol. The Morgan fingerprint density at radius 2 is 2.00 bits per heavy atom. The molecule has 1 N–H and O–H groups in total. The lowest BCUT2D eigenvalue weighted by atomic mass is 10.0. The first kappa shape index (κ1) is 20.4. The van der Waals surface area contributed by atoms with Crippen LogP contribution in [0.1, 0.15) is 35.8 Å². The third-order valence-electron chi connectivity index (χ3n) is 5.89. The number of ether oxygens (including phenoxy) is 1. The first-order valence-electron chi connectivity index (χ1n) is 10.4. The minimum Gasteiger partial charge on any atom is -0.496 e. The van der Waals surface area contributed by atoms with E-state index in [9.17, 15) is 0 Å². The van der Waals surface area contributed by atoms with Crippen molar-refractivity contribution in [3.63, 3.8) is 0 Å². The second-order valence-corrected chi connectivity index (χ2v) is 8.36. The molecule has 5 aromatic rings. The summed E-state index contributed by atoms with van der Waals surface area (Å²) < 4.78 is 13.9. The fourth-order valence-corrected chi connectivity index (χ4v) is 4.72. The van der Waals surface area contributed by atoms with Crippen molar-refractivity contribution in [2.75, 3.05) is 7.11 Å². The molecule has 7 nitrogen and oxygen atoms in total. The van der Waals surface area contributed by atoms with Gasteiger partial charge in [0.2, 0.25) is 0 Å². The Hall–Kier alpha value is -3.52. The van der Waals surface area contributed by atoms with Gasteiger partial charge in [0.15, 0.2) is 4.77 Å². The Morgan fingerprint density at radius 1 is 1.19 bits per heavy atom. The zero-order valence-corrected chi connectivity index (χ0v) is 19.4. The predicted octanol–water partition coefficient (Wildman–Crippen LogP) is 5.84. The fraction of sp³-hybridized carbons (Fsp3) is 0.250. The molecule has 5 rings (SSSR count). The van der Waals surface area contributed by atoms with Gasteiger partial charge in [0.25, 0.3) is 0 Å². The van der Waals surface area contributed by atoms with Crippen molar-refractivity contribution in [1.29, 1.82) is 0 Å². The van der Waals surface area contributed by atoms with E-state index in [1.54, 1.807) is 7.11 Å². The molecule has 4 heterocycles. The molecule has 32 heavy (non-hydrogen) atoms. The van der Waals surface area contributed by atoms with Crippen LogP contribution in [0.25, 0.3) is 33.1 Å². The highest BCUT2D eigenvalue weighted by Crippen LogP contribution is 2.39. The maximum absolute atomic E-state index is 5.79. The predicted molar refractivity (Wildman–Crippen MR) is 127 cm³/mol. The molecular formula is C24H23N5O2S. The fourth-order valence-electron chi connectivity index (χ4n) is 4.36. The van der Waals surface area contributed by atoms with E-state index in [1.165, 1.54) is 0 Å². The van der Waals surface area contributed by atoms with E-state index in [1.807, 2.05) is 57.3 Å². The highest BCUT2D eigenvalue weighted by atomic mass is 32.1. The number of hydrogen-bond donors (Lipinski definition) is 1. The standard InChI is InChI=1S/C24H23N5O2S/c1-12-7-6-8-18(26-12)14(3)29-23-16-10-21(30-5)17(22-13(2)28-31-15(22)4)9-19(16)25-11-20(23)27-24(29)32/h6-11,14H,1-5H3,(H,27,32)/t14-/m1/s1. The van der Waals surface area contributed by atoms with Crippen LogP contribution in [-0.4, -0.2) is 31.8 Å². The van der Waals surface area contributed by atoms with E-state index >= 15 is 0 Å². The minimum atomic E-state index is -0.0602. The van der Waals surface area contributed by atoms with Gasteiger partial charge in [-0.05, 0) is 64.2 Å². The van der Waals surface area contributed by atoms with E-state index in [0.29, 0.717) is 4.77 Å². The summed E-state index contributed by atoms with van der Waals surface area (Å²) >= 11 is 5.71. The molecule has 0 saturated carbocycles. The molecule has 0 saturated heterocycles. The number of hydrogen-bond acceptors (Lipinski definition) is 6. The largest absolute Gasteiger partial charge is 0.496 e. The zero-order valence-electron chi connectivity index (χ0n) is 18.6. The summed E-state index contributed by atoms with van der Waals surface area (Å²) in [6.07, 6.45) is 1.82. The summed E-state index contributed by atoms with van der Waals surface area (Å²) in [5.41, 5.74) is 7.23. The van der Waals surface area contributed by atoms with E-state index in [2.05, 4.69) is 21.6 Å². The molecule has 0 fully saturated rings. The van der Waals surface area contributed by atoms with Gasteiger partial charge in [0, 0.05) is 16.6 Å². The Labute approximate surface area is 190 Å². The van der Waals surface area contributed by atoms with E-state index < -0.39 is 0 Å². The highest BCUT2D eigenvalue weighted by Gasteiger charge is 2.21. The van der Waals surface area contributed by atoms with Gasteiger partial charge < -0.3 is 18.8 Å². The van der Waals surface area contributed by atoms with Crippen LogP contribution in [-0.2, 0) is 0 Å². The van der Waals surface area contributed by atoms with Crippen molar-refractivity contribution in [3.8, 4) is 16.9 Å². The molecule has 0 spiro atoms. The first-order valence-corrected chi connectivity index (χ1v) is 10.8. The average molecular weight is 446 g/mol. The summed E-state index contributed by atoms with van der Waals surface area (Å²) in [7, 11) is 1.67. The maximum atomic E-state index is 5.79. The number of H-pyrrole nitrogens is 1. The molecule has 0 aliphatic rings. The van der Waals surface area contributed by atoms with E-state index in [0.717, 1.165) is 61.7 Å². The van der Waals surface area contributed by atoms with Crippen LogP contribution in [0.15, 0.2) is 41.1 Å². The molecule has 1 atom stereocenters. The van der Waals surface area contributed by atoms with Gasteiger partial charge >= 0.3 is 0 Å². The Bertz CT molecular complexity index is 1530. The SMILES string of the molecule is COc1cc2c(cc1-c1c(C)noc1C)ncc1[nH]c(=S)n([C@H](C)c3cccc(C)n3)c12. The number of pyridine rings is 2. The normalized spacial score (nSPS) is 12.5. The van der Waals surface area contributed by atoms with Crippen molar-refractivity contribution < 1.29 is 9.26 Å². The van der Waals surface area contributed by atoms with Gasteiger partial charge in [0.05, 0.1) is 52.8 Å². The molecule has 0 radical (unpaired) electrons. The number of methoxy groups -OCH3 is 1. The van der Waals surface area contributed by atoms with Gasteiger partial charge in [-0.2, -0.15) is 0 Å². The number of aromatic nitrogens is 5. The molecule has 1 aromatic carbocycles. The average Bonchev–Trinajstić information content (AvgIpc) is 3.30. The second kappa shape index (κ2) is 7.56. The molecule has 0 aliphatic heterocycles. The van der Waals surface area contributed by atoms with Gasteiger partial charge in [-0.15, -0.1) is 0 Å². The topological polar surface area (TPSA) is 81.8 Å². The van der Waals surface area contributed by atoms with Gasteiger partial charge in [-0.3, -0.25) is 9.97 Å². The Morgan fingerprint density at radius 3 is 2.69 bits per heavy atom. The third kappa shape index (κ3) is 3.10.